The molecule has 2 amide bonds. The number of anilines is 1. The molecule has 1 N–H and O–H groups in total. The zero-order chi connectivity index (χ0) is 21.5. The molecule has 0 bridgehead atoms. The summed E-state index contributed by atoms with van der Waals surface area (Å²) in [7, 11) is 4.69. The minimum Gasteiger partial charge on any atom is -0.497 e. The molecule has 1 aromatic heterocycles. The maximum Gasteiger partial charge on any atom is 0.274 e. The Kier molecular flexibility index (Phi) is 6.59. The van der Waals surface area contributed by atoms with Crippen LogP contribution >= 0.6 is 0 Å². The fourth-order valence-corrected chi connectivity index (χ4v) is 2.93. The highest BCUT2D eigenvalue weighted by molar-refractivity contribution is 6.00. The molecule has 1 heterocycles. The van der Waals surface area contributed by atoms with E-state index in [1.54, 1.807) is 69.8 Å². The maximum atomic E-state index is 13.2. The number of methoxy groups -OCH3 is 2. The van der Waals surface area contributed by atoms with E-state index in [0.717, 1.165) is 0 Å². The topological polar surface area (TPSA) is 93.7 Å². The number of hydrogen-bond acceptors (Lipinski definition) is 6. The van der Waals surface area contributed by atoms with Crippen molar-refractivity contribution >= 4 is 17.5 Å². The summed E-state index contributed by atoms with van der Waals surface area (Å²) < 4.78 is 10.3. The number of amides is 2. The van der Waals surface area contributed by atoms with Crippen molar-refractivity contribution < 1.29 is 19.1 Å². The predicted octanol–water partition coefficient (Wildman–Crippen LogP) is 2.95. The number of carbonyl (C=O) groups excluding carboxylic acids is 2. The van der Waals surface area contributed by atoms with Gasteiger partial charge in [0.25, 0.3) is 11.8 Å². The van der Waals surface area contributed by atoms with Crippen molar-refractivity contribution in [3.8, 4) is 11.5 Å². The van der Waals surface area contributed by atoms with E-state index in [4.69, 9.17) is 9.47 Å². The monoisotopic (exact) mass is 406 g/mol. The van der Waals surface area contributed by atoms with E-state index in [0.29, 0.717) is 22.7 Å². The Balaban J connectivity index is 1.91. The molecule has 0 aliphatic rings. The smallest absolute Gasteiger partial charge is 0.274 e. The van der Waals surface area contributed by atoms with Gasteiger partial charge in [-0.05, 0) is 42.0 Å². The Morgan fingerprint density at radius 2 is 1.53 bits per heavy atom. The second-order valence-electron chi connectivity index (χ2n) is 6.40. The van der Waals surface area contributed by atoms with E-state index in [-0.39, 0.29) is 11.6 Å². The Bertz CT molecular complexity index is 992. The van der Waals surface area contributed by atoms with Crippen LogP contribution in [0.4, 0.5) is 5.69 Å². The Hall–Kier alpha value is -3.94. The molecular weight excluding hydrogens is 384 g/mol. The molecule has 0 saturated carbocycles. The van der Waals surface area contributed by atoms with Gasteiger partial charge >= 0.3 is 0 Å². The van der Waals surface area contributed by atoms with E-state index in [1.165, 1.54) is 23.5 Å². The van der Waals surface area contributed by atoms with Gasteiger partial charge in [0.15, 0.2) is 0 Å². The third-order valence-electron chi connectivity index (χ3n) is 4.53. The maximum absolute atomic E-state index is 13.2. The van der Waals surface area contributed by atoms with Gasteiger partial charge in [0, 0.05) is 25.1 Å². The summed E-state index contributed by atoms with van der Waals surface area (Å²) in [6.45, 7) is 0. The quantitative estimate of drug-likeness (QED) is 0.648. The second-order valence-corrected chi connectivity index (χ2v) is 6.40. The molecule has 0 aliphatic carbocycles. The van der Waals surface area contributed by atoms with Crippen LogP contribution in [0.1, 0.15) is 22.1 Å². The van der Waals surface area contributed by atoms with Crippen molar-refractivity contribution in [3.63, 3.8) is 0 Å². The van der Waals surface area contributed by atoms with Gasteiger partial charge < -0.3 is 19.7 Å². The lowest BCUT2D eigenvalue weighted by molar-refractivity contribution is -0.120. The number of likely N-dealkylation sites (N-methyl/N-ethyl adjacent to an activating group) is 1. The first-order valence-electron chi connectivity index (χ1n) is 9.15. The first kappa shape index (κ1) is 20.8. The fourth-order valence-electron chi connectivity index (χ4n) is 2.93. The predicted molar refractivity (Wildman–Crippen MR) is 111 cm³/mol. The summed E-state index contributed by atoms with van der Waals surface area (Å²) in [5.41, 5.74) is 1.36. The number of hydrogen-bond donors (Lipinski definition) is 1. The Labute approximate surface area is 174 Å². The minimum absolute atomic E-state index is 0.149. The van der Waals surface area contributed by atoms with Crippen molar-refractivity contribution in [1.29, 1.82) is 0 Å². The Morgan fingerprint density at radius 3 is 2.07 bits per heavy atom. The third kappa shape index (κ3) is 4.72. The van der Waals surface area contributed by atoms with Gasteiger partial charge in [-0.1, -0.05) is 12.1 Å². The normalized spacial score (nSPS) is 11.3. The van der Waals surface area contributed by atoms with Crippen LogP contribution in [0.2, 0.25) is 0 Å². The average Bonchev–Trinajstić information content (AvgIpc) is 2.80. The number of benzene rings is 2. The van der Waals surface area contributed by atoms with Gasteiger partial charge in [-0.15, -0.1) is 0 Å². The van der Waals surface area contributed by atoms with Crippen LogP contribution in [0.25, 0.3) is 0 Å². The zero-order valence-corrected chi connectivity index (χ0v) is 16.9. The van der Waals surface area contributed by atoms with E-state index in [1.807, 2.05) is 0 Å². The molecule has 1 atom stereocenters. The molecule has 3 rings (SSSR count). The second kappa shape index (κ2) is 9.51. The van der Waals surface area contributed by atoms with Crippen LogP contribution in [-0.2, 0) is 4.79 Å². The van der Waals surface area contributed by atoms with Crippen LogP contribution in [0.3, 0.4) is 0 Å². The Morgan fingerprint density at radius 1 is 0.933 bits per heavy atom. The molecule has 8 nitrogen and oxygen atoms in total. The van der Waals surface area contributed by atoms with Crippen LogP contribution < -0.4 is 14.8 Å². The summed E-state index contributed by atoms with van der Waals surface area (Å²) >= 11 is 0. The molecule has 30 heavy (non-hydrogen) atoms. The van der Waals surface area contributed by atoms with Gasteiger partial charge in [-0.25, -0.2) is 4.98 Å². The van der Waals surface area contributed by atoms with Gasteiger partial charge in [-0.2, -0.15) is 0 Å². The van der Waals surface area contributed by atoms with E-state index in [9.17, 15) is 9.59 Å². The molecule has 3 aromatic rings. The molecule has 0 radical (unpaired) electrons. The van der Waals surface area contributed by atoms with E-state index >= 15 is 0 Å². The van der Waals surface area contributed by atoms with Gasteiger partial charge in [0.1, 0.15) is 23.2 Å². The summed E-state index contributed by atoms with van der Waals surface area (Å²) in [5, 5.41) is 2.85. The first-order valence-corrected chi connectivity index (χ1v) is 9.15. The number of aromatic nitrogens is 2. The fraction of sp³-hybridized carbons (Fsp3) is 0.182. The molecular formula is C22H22N4O4. The third-order valence-corrected chi connectivity index (χ3v) is 4.53. The highest BCUT2D eigenvalue weighted by atomic mass is 16.5. The van der Waals surface area contributed by atoms with Crippen LogP contribution in [-0.4, -0.2) is 47.9 Å². The number of nitrogens with zero attached hydrogens (tertiary/aromatic N) is 3. The van der Waals surface area contributed by atoms with Crippen LogP contribution in [0, 0.1) is 0 Å². The molecule has 0 unspecified atom stereocenters. The van der Waals surface area contributed by atoms with Gasteiger partial charge in [-0.3, -0.25) is 14.6 Å². The number of rotatable bonds is 7. The standard InChI is InChI=1S/C22H22N4O4/c1-26(22(28)19-14-23-12-13-24-19)20(15-4-8-17(29-2)9-5-15)21(27)25-16-6-10-18(30-3)11-7-16/h4-14,20H,1-3H3,(H,25,27)/t20-/m0/s1. The SMILES string of the molecule is COc1ccc(NC(=O)[C@H](c2ccc(OC)cc2)N(C)C(=O)c2cnccn2)cc1. The molecule has 0 spiro atoms. The molecule has 0 saturated heterocycles. The van der Waals surface area contributed by atoms with Gasteiger partial charge in [0.05, 0.1) is 20.4 Å². The van der Waals surface area contributed by atoms with Crippen molar-refractivity contribution in [1.82, 2.24) is 14.9 Å². The number of nitrogens with one attached hydrogen (secondary N) is 1. The zero-order valence-electron chi connectivity index (χ0n) is 16.9. The molecule has 2 aromatic carbocycles. The first-order chi connectivity index (χ1) is 14.5. The highest BCUT2D eigenvalue weighted by Crippen LogP contribution is 2.26. The van der Waals surface area contributed by atoms with Gasteiger partial charge in [0.2, 0.25) is 0 Å². The average molecular weight is 406 g/mol. The lowest BCUT2D eigenvalue weighted by Crippen LogP contribution is -2.39. The summed E-state index contributed by atoms with van der Waals surface area (Å²) in [6, 6.07) is 13.0. The van der Waals surface area contributed by atoms with E-state index in [2.05, 4.69) is 15.3 Å². The lowest BCUT2D eigenvalue weighted by atomic mass is 10.0. The molecule has 0 fully saturated rings. The summed E-state index contributed by atoms with van der Waals surface area (Å²) in [5.74, 6) is 0.532. The number of ether oxygens (including phenoxy) is 2. The van der Waals surface area contributed by atoms with Crippen molar-refractivity contribution in [2.45, 2.75) is 6.04 Å². The lowest BCUT2D eigenvalue weighted by Gasteiger charge is -2.27. The largest absolute Gasteiger partial charge is 0.497 e. The minimum atomic E-state index is -0.896. The molecule has 8 heteroatoms. The highest BCUT2D eigenvalue weighted by Gasteiger charge is 2.30. The summed E-state index contributed by atoms with van der Waals surface area (Å²) in [6.07, 6.45) is 4.28. The molecule has 0 aliphatic heterocycles. The number of carbonyl (C=O) groups is 2. The van der Waals surface area contributed by atoms with Crippen molar-refractivity contribution in [2.75, 3.05) is 26.6 Å². The van der Waals surface area contributed by atoms with E-state index < -0.39 is 11.9 Å². The van der Waals surface area contributed by atoms with Crippen molar-refractivity contribution in [3.05, 3.63) is 78.4 Å². The molecule has 154 valence electrons. The summed E-state index contributed by atoms with van der Waals surface area (Å²) in [4.78, 5) is 35.4. The van der Waals surface area contributed by atoms with Crippen LogP contribution in [0.15, 0.2) is 67.1 Å². The van der Waals surface area contributed by atoms with Crippen molar-refractivity contribution in [2.24, 2.45) is 0 Å². The van der Waals surface area contributed by atoms with Crippen LogP contribution in [0.5, 0.6) is 11.5 Å².